The summed E-state index contributed by atoms with van der Waals surface area (Å²) in [6.45, 7) is 7.96. The molecular weight excluding hydrogens is 567 g/mol. The Morgan fingerprint density at radius 1 is 1.09 bits per heavy atom. The van der Waals surface area contributed by atoms with Gasteiger partial charge < -0.3 is 30.1 Å². The standard InChI is InChI=1S/C30H32F3N5O5/c1-15-13-38(14-22(26(15)39)37-29(41)43-30(2,3)4)25-16-10-11-42-28(16)34-12-21(25)36-27(40)20-9-8-19(33)24(35-20)23-17(31)6-5-7-18(23)32/h5-9,12,15,22,26,39H,10-11,13-14H2,1-4H3,(H,36,40)(H,37,41)/t15-,22+,26+/m0/s1. The van der Waals surface area contributed by atoms with Gasteiger partial charge in [0.05, 0.1) is 41.9 Å². The molecule has 1 fully saturated rings. The summed E-state index contributed by atoms with van der Waals surface area (Å²) >= 11 is 0. The number of piperidine rings is 1. The van der Waals surface area contributed by atoms with Gasteiger partial charge in [0, 0.05) is 31.0 Å². The van der Waals surface area contributed by atoms with Crippen LogP contribution in [0.15, 0.2) is 36.5 Å². The zero-order valence-corrected chi connectivity index (χ0v) is 24.1. The first kappa shape index (κ1) is 30.1. The number of carbonyl (C=O) groups is 2. The number of nitrogens with one attached hydrogen (secondary N) is 2. The van der Waals surface area contributed by atoms with Crippen molar-refractivity contribution in [3.63, 3.8) is 0 Å². The van der Waals surface area contributed by atoms with Crippen molar-refractivity contribution in [1.29, 1.82) is 0 Å². The second-order valence-electron chi connectivity index (χ2n) is 11.6. The molecule has 10 nitrogen and oxygen atoms in total. The van der Waals surface area contributed by atoms with Gasteiger partial charge in [-0.25, -0.2) is 27.9 Å². The van der Waals surface area contributed by atoms with Crippen LogP contribution < -0.4 is 20.3 Å². The predicted octanol–water partition coefficient (Wildman–Crippen LogP) is 4.46. The van der Waals surface area contributed by atoms with Crippen molar-refractivity contribution in [2.75, 3.05) is 29.9 Å². The van der Waals surface area contributed by atoms with E-state index in [0.717, 1.165) is 35.9 Å². The molecule has 3 atom stereocenters. The number of aliphatic hydroxyl groups excluding tert-OH is 1. The van der Waals surface area contributed by atoms with Gasteiger partial charge >= 0.3 is 6.09 Å². The van der Waals surface area contributed by atoms with E-state index in [4.69, 9.17) is 9.47 Å². The summed E-state index contributed by atoms with van der Waals surface area (Å²) in [5.74, 6) is -3.72. The number of amides is 2. The molecule has 228 valence electrons. The highest BCUT2D eigenvalue weighted by Gasteiger charge is 2.38. The fraction of sp³-hybridized carbons (Fsp3) is 0.400. The van der Waals surface area contributed by atoms with Gasteiger partial charge in [-0.3, -0.25) is 4.79 Å². The molecule has 3 aromatic rings. The number of hydrogen-bond acceptors (Lipinski definition) is 8. The first-order valence-electron chi connectivity index (χ1n) is 13.8. The number of rotatable bonds is 5. The lowest BCUT2D eigenvalue weighted by Crippen LogP contribution is -2.59. The number of anilines is 2. The Morgan fingerprint density at radius 2 is 1.81 bits per heavy atom. The summed E-state index contributed by atoms with van der Waals surface area (Å²) in [5.41, 5.74) is -0.768. The number of ether oxygens (including phenoxy) is 2. The summed E-state index contributed by atoms with van der Waals surface area (Å²) in [4.78, 5) is 36.1. The van der Waals surface area contributed by atoms with Crippen molar-refractivity contribution in [1.82, 2.24) is 15.3 Å². The summed E-state index contributed by atoms with van der Waals surface area (Å²) in [6.07, 6.45) is 0.356. The number of benzene rings is 1. The minimum absolute atomic E-state index is 0.176. The zero-order valence-electron chi connectivity index (χ0n) is 24.1. The zero-order chi connectivity index (χ0) is 31.1. The molecule has 2 aromatic heterocycles. The lowest BCUT2D eigenvalue weighted by molar-refractivity contribution is 0.0303. The van der Waals surface area contributed by atoms with Crippen LogP contribution >= 0.6 is 0 Å². The average molecular weight is 600 g/mol. The molecule has 0 aliphatic carbocycles. The topological polar surface area (TPSA) is 126 Å². The van der Waals surface area contributed by atoms with Crippen LogP contribution in [0.3, 0.4) is 0 Å². The molecular formula is C30H32F3N5O5. The summed E-state index contributed by atoms with van der Waals surface area (Å²) in [7, 11) is 0. The van der Waals surface area contributed by atoms with E-state index in [9.17, 15) is 27.9 Å². The molecule has 4 heterocycles. The van der Waals surface area contributed by atoms with Gasteiger partial charge in [-0.15, -0.1) is 0 Å². The monoisotopic (exact) mass is 599 g/mol. The molecule has 0 radical (unpaired) electrons. The molecule has 1 saturated heterocycles. The Morgan fingerprint density at radius 3 is 2.51 bits per heavy atom. The van der Waals surface area contributed by atoms with Gasteiger partial charge in [-0.05, 0) is 45.0 Å². The molecule has 0 saturated carbocycles. The molecule has 13 heteroatoms. The first-order valence-corrected chi connectivity index (χ1v) is 13.8. The van der Waals surface area contributed by atoms with Gasteiger partial charge in [-0.2, -0.15) is 0 Å². The van der Waals surface area contributed by atoms with Crippen molar-refractivity contribution in [2.24, 2.45) is 5.92 Å². The van der Waals surface area contributed by atoms with Crippen LogP contribution in [-0.2, 0) is 11.2 Å². The number of alkyl carbamates (subject to hydrolysis) is 1. The molecule has 0 spiro atoms. The van der Waals surface area contributed by atoms with Gasteiger partial charge in [0.15, 0.2) is 0 Å². The molecule has 3 N–H and O–H groups in total. The van der Waals surface area contributed by atoms with E-state index in [1.807, 2.05) is 11.8 Å². The minimum atomic E-state index is -1.02. The highest BCUT2D eigenvalue weighted by atomic mass is 19.1. The van der Waals surface area contributed by atoms with Crippen LogP contribution in [0.1, 0.15) is 43.7 Å². The van der Waals surface area contributed by atoms with Crippen LogP contribution in [0.5, 0.6) is 5.88 Å². The normalized spacial score (nSPS) is 19.8. The lowest BCUT2D eigenvalue weighted by Gasteiger charge is -2.42. The molecule has 0 bridgehead atoms. The molecule has 2 aliphatic rings. The van der Waals surface area contributed by atoms with Gasteiger partial charge in [-0.1, -0.05) is 13.0 Å². The Labute approximate surface area is 246 Å². The number of hydrogen-bond donors (Lipinski definition) is 3. The van der Waals surface area contributed by atoms with E-state index in [1.165, 1.54) is 6.20 Å². The van der Waals surface area contributed by atoms with Crippen LogP contribution in [0.25, 0.3) is 11.3 Å². The highest BCUT2D eigenvalue weighted by molar-refractivity contribution is 6.05. The van der Waals surface area contributed by atoms with Crippen molar-refractivity contribution in [2.45, 2.75) is 51.9 Å². The second-order valence-corrected chi connectivity index (χ2v) is 11.6. The van der Waals surface area contributed by atoms with Gasteiger partial charge in [0.2, 0.25) is 5.88 Å². The van der Waals surface area contributed by atoms with E-state index in [1.54, 1.807) is 20.8 Å². The predicted molar refractivity (Wildman–Crippen MR) is 151 cm³/mol. The number of aromatic nitrogens is 2. The van der Waals surface area contributed by atoms with Crippen LogP contribution in [-0.4, -0.2) is 64.5 Å². The SMILES string of the molecule is C[C@H]1CN(c2c(NC(=O)c3ccc(F)c(-c4c(F)cccc4F)n3)cnc3c2CCO3)C[C@@H](NC(=O)OC(C)(C)C)[C@@H]1O. The highest BCUT2D eigenvalue weighted by Crippen LogP contribution is 2.40. The van der Waals surface area contributed by atoms with E-state index >= 15 is 0 Å². The fourth-order valence-corrected chi connectivity index (χ4v) is 5.28. The second kappa shape index (κ2) is 11.7. The van der Waals surface area contributed by atoms with Crippen LogP contribution in [0, 0.1) is 23.4 Å². The quantitative estimate of drug-likeness (QED) is 0.393. The van der Waals surface area contributed by atoms with E-state index in [-0.39, 0.29) is 23.8 Å². The van der Waals surface area contributed by atoms with Crippen molar-refractivity contribution in [3.05, 3.63) is 65.2 Å². The van der Waals surface area contributed by atoms with Crippen LogP contribution in [0.4, 0.5) is 29.3 Å². The van der Waals surface area contributed by atoms with Crippen molar-refractivity contribution >= 4 is 23.4 Å². The Hall–Kier alpha value is -4.39. The fourth-order valence-electron chi connectivity index (χ4n) is 5.28. The minimum Gasteiger partial charge on any atom is -0.477 e. The summed E-state index contributed by atoms with van der Waals surface area (Å²) in [5, 5.41) is 16.4. The molecule has 1 aromatic carbocycles. The Balaban J connectivity index is 1.46. The third kappa shape index (κ3) is 6.36. The molecule has 5 rings (SSSR count). The van der Waals surface area contributed by atoms with E-state index in [2.05, 4.69) is 20.6 Å². The maximum atomic E-state index is 14.6. The number of aliphatic hydroxyl groups is 1. The summed E-state index contributed by atoms with van der Waals surface area (Å²) < 4.78 is 54.5. The summed E-state index contributed by atoms with van der Waals surface area (Å²) in [6, 6.07) is 4.40. The van der Waals surface area contributed by atoms with Crippen LogP contribution in [0.2, 0.25) is 0 Å². The molecule has 43 heavy (non-hydrogen) atoms. The average Bonchev–Trinajstić information content (AvgIpc) is 3.40. The Kier molecular flexibility index (Phi) is 8.19. The third-order valence-corrected chi connectivity index (χ3v) is 7.17. The number of nitrogens with zero attached hydrogens (tertiary/aromatic N) is 3. The van der Waals surface area contributed by atoms with E-state index in [0.29, 0.717) is 31.1 Å². The van der Waals surface area contributed by atoms with Gasteiger partial charge in [0.25, 0.3) is 5.91 Å². The number of halogens is 3. The molecule has 0 unspecified atom stereocenters. The molecule has 2 aliphatic heterocycles. The number of carbonyl (C=O) groups excluding carboxylic acids is 2. The molecule has 2 amide bonds. The first-order chi connectivity index (χ1) is 20.3. The number of fused-ring (bicyclic) bond motifs is 1. The maximum absolute atomic E-state index is 14.6. The van der Waals surface area contributed by atoms with Gasteiger partial charge in [0.1, 0.15) is 34.4 Å². The van der Waals surface area contributed by atoms with E-state index < -0.39 is 58.5 Å². The smallest absolute Gasteiger partial charge is 0.408 e. The third-order valence-electron chi connectivity index (χ3n) is 7.17. The van der Waals surface area contributed by atoms with Crippen molar-refractivity contribution < 1.29 is 37.3 Å². The lowest BCUT2D eigenvalue weighted by atomic mass is 9.91. The maximum Gasteiger partial charge on any atom is 0.408 e. The van der Waals surface area contributed by atoms with Crippen molar-refractivity contribution in [3.8, 4) is 17.1 Å². The number of pyridine rings is 2. The largest absolute Gasteiger partial charge is 0.477 e. The Bertz CT molecular complexity index is 1540.